The molecule has 0 aliphatic carbocycles. The van der Waals surface area contributed by atoms with E-state index in [1.807, 2.05) is 42.5 Å². The van der Waals surface area contributed by atoms with E-state index in [9.17, 15) is 4.79 Å². The molecule has 1 heterocycles. The van der Waals surface area contributed by atoms with Crippen LogP contribution in [0.1, 0.15) is 18.5 Å². The SMILES string of the molecule is COc1ccc(NC(C)c2ccc3[nH]c(=O)[nH]c3c2)cc1. The molecule has 0 bridgehead atoms. The molecule has 5 heteroatoms. The van der Waals surface area contributed by atoms with Gasteiger partial charge in [0.2, 0.25) is 0 Å². The largest absolute Gasteiger partial charge is 0.497 e. The van der Waals surface area contributed by atoms with Crippen molar-refractivity contribution >= 4 is 16.7 Å². The number of hydrogen-bond acceptors (Lipinski definition) is 3. The fourth-order valence-electron chi connectivity index (χ4n) is 2.34. The van der Waals surface area contributed by atoms with Crippen LogP contribution in [0, 0.1) is 0 Å². The summed E-state index contributed by atoms with van der Waals surface area (Å²) in [5, 5.41) is 3.42. The second kappa shape index (κ2) is 5.36. The van der Waals surface area contributed by atoms with Crippen molar-refractivity contribution in [1.82, 2.24) is 9.97 Å². The summed E-state index contributed by atoms with van der Waals surface area (Å²) in [5.41, 5.74) is 3.58. The number of rotatable bonds is 4. The Balaban J connectivity index is 1.81. The molecule has 5 nitrogen and oxygen atoms in total. The molecular formula is C16H17N3O2. The summed E-state index contributed by atoms with van der Waals surface area (Å²) in [4.78, 5) is 16.8. The molecule has 3 aromatic rings. The molecule has 0 aliphatic rings. The highest BCUT2D eigenvalue weighted by molar-refractivity contribution is 5.75. The first-order chi connectivity index (χ1) is 10.2. The highest BCUT2D eigenvalue weighted by atomic mass is 16.5. The number of ether oxygens (including phenoxy) is 1. The van der Waals surface area contributed by atoms with Gasteiger partial charge in [0.1, 0.15) is 5.75 Å². The molecule has 0 saturated heterocycles. The Morgan fingerprint density at radius 1 is 1.05 bits per heavy atom. The molecule has 0 radical (unpaired) electrons. The van der Waals surface area contributed by atoms with Gasteiger partial charge in [0.15, 0.2) is 0 Å². The zero-order valence-electron chi connectivity index (χ0n) is 11.9. The predicted octanol–water partition coefficient (Wildman–Crippen LogP) is 3.04. The van der Waals surface area contributed by atoms with Crippen LogP contribution in [0.4, 0.5) is 5.69 Å². The van der Waals surface area contributed by atoms with Gasteiger partial charge < -0.3 is 20.0 Å². The first-order valence-corrected chi connectivity index (χ1v) is 6.78. The van der Waals surface area contributed by atoms with E-state index in [2.05, 4.69) is 22.2 Å². The summed E-state index contributed by atoms with van der Waals surface area (Å²) in [6, 6.07) is 13.8. The van der Waals surface area contributed by atoms with Gasteiger partial charge in [-0.3, -0.25) is 0 Å². The standard InChI is InChI=1S/C16H17N3O2/c1-10(17-12-4-6-13(21-2)7-5-12)11-3-8-14-15(9-11)19-16(20)18-14/h3-10,17H,1-2H3,(H2,18,19,20). The number of benzene rings is 2. The minimum Gasteiger partial charge on any atom is -0.497 e. The summed E-state index contributed by atoms with van der Waals surface area (Å²) in [5.74, 6) is 0.833. The number of aromatic amines is 2. The smallest absolute Gasteiger partial charge is 0.323 e. The summed E-state index contributed by atoms with van der Waals surface area (Å²) < 4.78 is 5.14. The van der Waals surface area contributed by atoms with Crippen molar-refractivity contribution in [3.63, 3.8) is 0 Å². The molecule has 0 aliphatic heterocycles. The van der Waals surface area contributed by atoms with Gasteiger partial charge in [-0.25, -0.2) is 4.79 Å². The maximum atomic E-state index is 11.3. The Morgan fingerprint density at radius 2 is 1.76 bits per heavy atom. The Kier molecular flexibility index (Phi) is 3.39. The first-order valence-electron chi connectivity index (χ1n) is 6.78. The average molecular weight is 283 g/mol. The Bertz CT molecular complexity index is 802. The van der Waals surface area contributed by atoms with Gasteiger partial charge >= 0.3 is 5.69 Å². The van der Waals surface area contributed by atoms with Crippen LogP contribution < -0.4 is 15.7 Å². The Morgan fingerprint density at radius 3 is 2.48 bits per heavy atom. The van der Waals surface area contributed by atoms with E-state index in [1.165, 1.54) is 0 Å². The van der Waals surface area contributed by atoms with Gasteiger partial charge in [0, 0.05) is 11.7 Å². The third-order valence-electron chi connectivity index (χ3n) is 3.51. The molecule has 0 amide bonds. The number of imidazole rings is 1. The van der Waals surface area contributed by atoms with Gasteiger partial charge in [0.25, 0.3) is 0 Å². The van der Waals surface area contributed by atoms with Crippen LogP contribution in [0.2, 0.25) is 0 Å². The van der Waals surface area contributed by atoms with Crippen molar-refractivity contribution in [3.8, 4) is 5.75 Å². The van der Waals surface area contributed by atoms with Gasteiger partial charge in [0.05, 0.1) is 18.1 Å². The molecule has 3 N–H and O–H groups in total. The number of nitrogens with one attached hydrogen (secondary N) is 3. The van der Waals surface area contributed by atoms with Crippen LogP contribution in [0.5, 0.6) is 5.75 Å². The second-order valence-electron chi connectivity index (χ2n) is 4.98. The predicted molar refractivity (Wildman–Crippen MR) is 84.0 cm³/mol. The molecule has 2 aromatic carbocycles. The van der Waals surface area contributed by atoms with Crippen molar-refractivity contribution < 1.29 is 4.74 Å². The van der Waals surface area contributed by atoms with Crippen molar-refractivity contribution in [1.29, 1.82) is 0 Å². The van der Waals surface area contributed by atoms with Crippen LogP contribution >= 0.6 is 0 Å². The lowest BCUT2D eigenvalue weighted by atomic mass is 10.1. The molecule has 108 valence electrons. The lowest BCUT2D eigenvalue weighted by Gasteiger charge is -2.16. The van der Waals surface area contributed by atoms with Crippen molar-refractivity contribution in [3.05, 3.63) is 58.5 Å². The fourth-order valence-corrected chi connectivity index (χ4v) is 2.34. The molecule has 3 rings (SSSR count). The molecule has 21 heavy (non-hydrogen) atoms. The maximum absolute atomic E-state index is 11.3. The van der Waals surface area contributed by atoms with E-state index in [-0.39, 0.29) is 11.7 Å². The Hall–Kier alpha value is -2.69. The van der Waals surface area contributed by atoms with E-state index in [4.69, 9.17) is 4.74 Å². The zero-order chi connectivity index (χ0) is 14.8. The summed E-state index contributed by atoms with van der Waals surface area (Å²) >= 11 is 0. The second-order valence-corrected chi connectivity index (χ2v) is 4.98. The van der Waals surface area contributed by atoms with Gasteiger partial charge in [-0.15, -0.1) is 0 Å². The van der Waals surface area contributed by atoms with Crippen molar-refractivity contribution in [2.45, 2.75) is 13.0 Å². The van der Waals surface area contributed by atoms with Gasteiger partial charge in [-0.2, -0.15) is 0 Å². The summed E-state index contributed by atoms with van der Waals surface area (Å²) in [6.07, 6.45) is 0. The number of H-pyrrole nitrogens is 2. The third kappa shape index (κ3) is 2.76. The molecule has 1 unspecified atom stereocenters. The topological polar surface area (TPSA) is 69.9 Å². The molecular weight excluding hydrogens is 266 g/mol. The average Bonchev–Trinajstić information content (AvgIpc) is 2.87. The highest BCUT2D eigenvalue weighted by Gasteiger charge is 2.07. The third-order valence-corrected chi connectivity index (χ3v) is 3.51. The van der Waals surface area contributed by atoms with Gasteiger partial charge in [-0.1, -0.05) is 6.07 Å². The maximum Gasteiger partial charge on any atom is 0.323 e. The van der Waals surface area contributed by atoms with Crippen LogP contribution in [-0.4, -0.2) is 17.1 Å². The lowest BCUT2D eigenvalue weighted by molar-refractivity contribution is 0.415. The van der Waals surface area contributed by atoms with Crippen molar-refractivity contribution in [2.24, 2.45) is 0 Å². The molecule has 0 saturated carbocycles. The minimum absolute atomic E-state index is 0.126. The van der Waals surface area contributed by atoms with E-state index in [1.54, 1.807) is 7.11 Å². The first kappa shape index (κ1) is 13.3. The van der Waals surface area contributed by atoms with Crippen molar-refractivity contribution in [2.75, 3.05) is 12.4 Å². The van der Waals surface area contributed by atoms with E-state index in [0.717, 1.165) is 28.0 Å². The normalized spacial score (nSPS) is 12.3. The number of hydrogen-bond donors (Lipinski definition) is 3. The number of methoxy groups -OCH3 is 1. The van der Waals surface area contributed by atoms with E-state index < -0.39 is 0 Å². The summed E-state index contributed by atoms with van der Waals surface area (Å²) in [6.45, 7) is 2.08. The number of fused-ring (bicyclic) bond motifs is 1. The van der Waals surface area contributed by atoms with Gasteiger partial charge in [-0.05, 0) is 48.9 Å². The minimum atomic E-state index is -0.182. The van der Waals surface area contributed by atoms with E-state index in [0.29, 0.717) is 0 Å². The summed E-state index contributed by atoms with van der Waals surface area (Å²) in [7, 11) is 1.65. The molecule has 0 fully saturated rings. The molecule has 1 aromatic heterocycles. The van der Waals surface area contributed by atoms with Crippen LogP contribution in [0.25, 0.3) is 11.0 Å². The number of aromatic nitrogens is 2. The quantitative estimate of drug-likeness (QED) is 0.689. The molecule has 0 spiro atoms. The number of anilines is 1. The van der Waals surface area contributed by atoms with E-state index >= 15 is 0 Å². The lowest BCUT2D eigenvalue weighted by Crippen LogP contribution is -2.06. The van der Waals surface area contributed by atoms with Crippen LogP contribution in [0.3, 0.4) is 0 Å². The Labute approximate surface area is 122 Å². The highest BCUT2D eigenvalue weighted by Crippen LogP contribution is 2.23. The fraction of sp³-hybridized carbons (Fsp3) is 0.188. The molecule has 1 atom stereocenters. The monoisotopic (exact) mass is 283 g/mol. The van der Waals surface area contributed by atoms with Crippen LogP contribution in [0.15, 0.2) is 47.3 Å². The zero-order valence-corrected chi connectivity index (χ0v) is 11.9. The van der Waals surface area contributed by atoms with Crippen LogP contribution in [-0.2, 0) is 0 Å².